The van der Waals surface area contributed by atoms with Crippen molar-refractivity contribution in [3.8, 4) is 0 Å². The molecule has 3 aromatic rings. The topological polar surface area (TPSA) is 118 Å². The molecule has 162 valence electrons. The quantitative estimate of drug-likeness (QED) is 0.502. The van der Waals surface area contributed by atoms with Crippen molar-refractivity contribution in [2.45, 2.75) is 36.8 Å². The molecular formula is C21H22N4O4S2. The molecule has 0 bridgehead atoms. The van der Waals surface area contributed by atoms with E-state index < -0.39 is 15.7 Å². The molecule has 0 spiro atoms. The summed E-state index contributed by atoms with van der Waals surface area (Å²) < 4.78 is 24.9. The van der Waals surface area contributed by atoms with Crippen molar-refractivity contribution in [2.75, 3.05) is 10.6 Å². The number of rotatable bonds is 9. The molecule has 0 saturated heterocycles. The van der Waals surface area contributed by atoms with Crippen molar-refractivity contribution >= 4 is 43.8 Å². The van der Waals surface area contributed by atoms with Gasteiger partial charge in [-0.2, -0.15) is 0 Å². The smallest absolute Gasteiger partial charge is 0.257 e. The molecule has 8 nitrogen and oxygen atoms in total. The molecule has 0 radical (unpaired) electrons. The normalized spacial score (nSPS) is 11.1. The lowest BCUT2D eigenvalue weighted by atomic mass is 10.2. The van der Waals surface area contributed by atoms with Gasteiger partial charge in [-0.15, -0.1) is 10.2 Å². The lowest BCUT2D eigenvalue weighted by Crippen LogP contribution is -2.13. The SMILES string of the molecule is CCCCC(=O)Nc1ccc(C(=O)Nc2nnc(CS(=O)(=O)c3ccccc3)s2)cc1. The van der Waals surface area contributed by atoms with Crippen LogP contribution in [0, 0.1) is 0 Å². The molecule has 10 heteroatoms. The van der Waals surface area contributed by atoms with E-state index in [0.717, 1.165) is 24.2 Å². The molecule has 0 aliphatic heterocycles. The van der Waals surface area contributed by atoms with E-state index in [1.807, 2.05) is 6.92 Å². The zero-order valence-electron chi connectivity index (χ0n) is 16.9. The average Bonchev–Trinajstić information content (AvgIpc) is 3.19. The average molecular weight is 459 g/mol. The summed E-state index contributed by atoms with van der Waals surface area (Å²) in [5.74, 6) is -0.764. The molecule has 0 aliphatic rings. The van der Waals surface area contributed by atoms with Crippen molar-refractivity contribution in [1.29, 1.82) is 0 Å². The Morgan fingerprint density at radius 2 is 1.68 bits per heavy atom. The van der Waals surface area contributed by atoms with Crippen LogP contribution in [0.4, 0.5) is 10.8 Å². The highest BCUT2D eigenvalue weighted by molar-refractivity contribution is 7.90. The molecule has 0 fully saturated rings. The number of unbranched alkanes of at least 4 members (excludes halogenated alkanes) is 1. The summed E-state index contributed by atoms with van der Waals surface area (Å²) >= 11 is 1.01. The number of nitrogens with one attached hydrogen (secondary N) is 2. The molecule has 1 heterocycles. The van der Waals surface area contributed by atoms with Gasteiger partial charge in [0.2, 0.25) is 11.0 Å². The van der Waals surface area contributed by atoms with Crippen molar-refractivity contribution < 1.29 is 18.0 Å². The van der Waals surface area contributed by atoms with Crippen LogP contribution in [0.5, 0.6) is 0 Å². The largest absolute Gasteiger partial charge is 0.326 e. The van der Waals surface area contributed by atoms with E-state index in [-0.39, 0.29) is 26.7 Å². The first-order valence-corrected chi connectivity index (χ1v) is 12.2. The zero-order chi connectivity index (χ0) is 22.3. The van der Waals surface area contributed by atoms with Crippen molar-refractivity contribution in [1.82, 2.24) is 10.2 Å². The van der Waals surface area contributed by atoms with Crippen LogP contribution in [0.1, 0.15) is 41.6 Å². The van der Waals surface area contributed by atoms with E-state index in [1.165, 1.54) is 12.1 Å². The van der Waals surface area contributed by atoms with Gasteiger partial charge in [0.15, 0.2) is 9.84 Å². The van der Waals surface area contributed by atoms with Crippen molar-refractivity contribution in [2.24, 2.45) is 0 Å². The predicted octanol–water partition coefficient (Wildman–Crippen LogP) is 3.89. The Morgan fingerprint density at radius 3 is 2.35 bits per heavy atom. The minimum Gasteiger partial charge on any atom is -0.326 e. The lowest BCUT2D eigenvalue weighted by Gasteiger charge is -2.06. The van der Waals surface area contributed by atoms with Crippen LogP contribution < -0.4 is 10.6 Å². The number of sulfone groups is 1. The molecule has 0 unspecified atom stereocenters. The highest BCUT2D eigenvalue weighted by Crippen LogP contribution is 2.22. The van der Waals surface area contributed by atoms with Crippen molar-refractivity contribution in [3.63, 3.8) is 0 Å². The second-order valence-electron chi connectivity index (χ2n) is 6.76. The Morgan fingerprint density at radius 1 is 0.968 bits per heavy atom. The molecule has 2 N–H and O–H groups in total. The van der Waals surface area contributed by atoms with Crippen LogP contribution in [0.25, 0.3) is 0 Å². The maximum absolute atomic E-state index is 12.4. The van der Waals surface area contributed by atoms with Crippen LogP contribution in [-0.4, -0.2) is 30.4 Å². The first-order valence-electron chi connectivity index (χ1n) is 9.69. The number of benzene rings is 2. The zero-order valence-corrected chi connectivity index (χ0v) is 18.5. The fraction of sp³-hybridized carbons (Fsp3) is 0.238. The van der Waals surface area contributed by atoms with Crippen LogP contribution in [0.2, 0.25) is 0 Å². The van der Waals surface area contributed by atoms with E-state index in [0.29, 0.717) is 17.7 Å². The minimum absolute atomic E-state index is 0.0640. The second-order valence-corrected chi connectivity index (χ2v) is 9.81. The molecular weight excluding hydrogens is 436 g/mol. The summed E-state index contributed by atoms with van der Waals surface area (Å²) in [7, 11) is -3.54. The Hall–Kier alpha value is -3.11. The second kappa shape index (κ2) is 10.3. The van der Waals surface area contributed by atoms with Gasteiger partial charge >= 0.3 is 0 Å². The first-order chi connectivity index (χ1) is 14.9. The van der Waals surface area contributed by atoms with Crippen LogP contribution in [-0.2, 0) is 20.4 Å². The van der Waals surface area contributed by atoms with Gasteiger partial charge in [0.1, 0.15) is 10.8 Å². The Balaban J connectivity index is 1.59. The number of nitrogens with zero attached hydrogens (tertiary/aromatic N) is 2. The van der Waals surface area contributed by atoms with Gasteiger partial charge in [-0.3, -0.25) is 14.9 Å². The monoisotopic (exact) mass is 458 g/mol. The van der Waals surface area contributed by atoms with Gasteiger partial charge < -0.3 is 5.32 Å². The van der Waals surface area contributed by atoms with E-state index in [1.54, 1.807) is 42.5 Å². The third kappa shape index (κ3) is 6.43. The summed E-state index contributed by atoms with van der Waals surface area (Å²) in [5, 5.41) is 13.6. The standard InChI is InChI=1S/C21H22N4O4S2/c1-2-3-9-18(26)22-16-12-10-15(11-13-16)20(27)23-21-25-24-19(30-21)14-31(28,29)17-7-5-4-6-8-17/h4-8,10-13H,2-3,9,14H2,1H3,(H,22,26)(H,23,25,27). The Bertz CT molecular complexity index is 1140. The fourth-order valence-corrected chi connectivity index (χ4v) is 5.02. The maximum atomic E-state index is 12.4. The highest BCUT2D eigenvalue weighted by atomic mass is 32.2. The number of anilines is 2. The molecule has 2 aromatic carbocycles. The third-order valence-corrected chi connectivity index (χ3v) is 6.96. The number of hydrogen-bond donors (Lipinski definition) is 2. The minimum atomic E-state index is -3.54. The first kappa shape index (κ1) is 22.6. The summed E-state index contributed by atoms with van der Waals surface area (Å²) in [6.45, 7) is 2.02. The summed E-state index contributed by atoms with van der Waals surface area (Å²) in [4.78, 5) is 24.4. The van der Waals surface area contributed by atoms with Gasteiger partial charge in [-0.05, 0) is 42.8 Å². The van der Waals surface area contributed by atoms with Gasteiger partial charge in [0, 0.05) is 17.7 Å². The van der Waals surface area contributed by atoms with Gasteiger partial charge in [-0.25, -0.2) is 8.42 Å². The molecule has 1 aromatic heterocycles. The number of carbonyl (C=O) groups excluding carboxylic acids is 2. The van der Waals surface area contributed by atoms with Gasteiger partial charge in [-0.1, -0.05) is 42.9 Å². The fourth-order valence-electron chi connectivity index (χ4n) is 2.67. The number of amides is 2. The number of hydrogen-bond acceptors (Lipinski definition) is 7. The summed E-state index contributed by atoms with van der Waals surface area (Å²) in [6.07, 6.45) is 2.22. The number of aromatic nitrogens is 2. The van der Waals surface area contributed by atoms with E-state index >= 15 is 0 Å². The third-order valence-electron chi connectivity index (χ3n) is 4.29. The highest BCUT2D eigenvalue weighted by Gasteiger charge is 2.19. The predicted molar refractivity (Wildman–Crippen MR) is 120 cm³/mol. The van der Waals surface area contributed by atoms with E-state index in [2.05, 4.69) is 20.8 Å². The molecule has 3 rings (SSSR count). The van der Waals surface area contributed by atoms with Gasteiger partial charge in [0.25, 0.3) is 5.91 Å². The van der Waals surface area contributed by atoms with Crippen LogP contribution in [0.3, 0.4) is 0 Å². The molecule has 2 amide bonds. The molecule has 31 heavy (non-hydrogen) atoms. The van der Waals surface area contributed by atoms with E-state index in [9.17, 15) is 18.0 Å². The lowest BCUT2D eigenvalue weighted by molar-refractivity contribution is -0.116. The van der Waals surface area contributed by atoms with E-state index in [4.69, 9.17) is 0 Å². The van der Waals surface area contributed by atoms with Crippen LogP contribution >= 0.6 is 11.3 Å². The summed E-state index contributed by atoms with van der Waals surface area (Å²) in [6, 6.07) is 14.6. The Labute approximate surface area is 184 Å². The number of carbonyl (C=O) groups is 2. The Kier molecular flexibility index (Phi) is 7.48. The van der Waals surface area contributed by atoms with Crippen LogP contribution in [0.15, 0.2) is 59.5 Å². The molecule has 0 atom stereocenters. The van der Waals surface area contributed by atoms with Gasteiger partial charge in [0.05, 0.1) is 4.90 Å². The van der Waals surface area contributed by atoms with Crippen molar-refractivity contribution in [3.05, 3.63) is 65.2 Å². The summed E-state index contributed by atoms with van der Waals surface area (Å²) in [5.41, 5.74) is 0.988. The molecule has 0 aliphatic carbocycles. The maximum Gasteiger partial charge on any atom is 0.257 e. The molecule has 0 saturated carbocycles.